The first kappa shape index (κ1) is 36.2. The van der Waals surface area contributed by atoms with Gasteiger partial charge in [0, 0.05) is 23.2 Å². The van der Waals surface area contributed by atoms with E-state index in [1.165, 1.54) is 6.20 Å². The maximum Gasteiger partial charge on any atom is 0.326 e. The van der Waals surface area contributed by atoms with Crippen LogP contribution in [0.3, 0.4) is 0 Å². The van der Waals surface area contributed by atoms with Crippen LogP contribution in [0.25, 0.3) is 11.5 Å². The number of nitrogens with zero attached hydrogens (tertiary/aromatic N) is 2. The van der Waals surface area contributed by atoms with E-state index in [4.69, 9.17) is 9.47 Å². The Morgan fingerprint density at radius 2 is 1.56 bits per heavy atom. The predicted molar refractivity (Wildman–Crippen MR) is 185 cm³/mol. The first-order valence-corrected chi connectivity index (χ1v) is 17.3. The monoisotopic (exact) mass is 674 g/mol. The molecule has 1 amide bonds. The van der Waals surface area contributed by atoms with Gasteiger partial charge in [-0.15, -0.1) is 0 Å². The summed E-state index contributed by atoms with van der Waals surface area (Å²) in [6.45, 7) is 11.0. The second kappa shape index (κ2) is 15.1. The maximum absolute atomic E-state index is 14.7. The number of amides is 1. The van der Waals surface area contributed by atoms with E-state index in [1.807, 2.05) is 32.9 Å². The third-order valence-corrected chi connectivity index (χ3v) is 10.7. The van der Waals surface area contributed by atoms with Crippen molar-refractivity contribution in [3.05, 3.63) is 106 Å². The van der Waals surface area contributed by atoms with Gasteiger partial charge < -0.3 is 19.8 Å². The summed E-state index contributed by atoms with van der Waals surface area (Å²) in [6.07, 6.45) is 3.47. The molecule has 0 saturated heterocycles. The van der Waals surface area contributed by atoms with Crippen LogP contribution in [0.2, 0.25) is 0 Å². The van der Waals surface area contributed by atoms with Crippen LogP contribution in [-0.2, 0) is 14.1 Å². The van der Waals surface area contributed by atoms with Gasteiger partial charge in [-0.3, -0.25) is 23.9 Å². The lowest BCUT2D eigenvalue weighted by molar-refractivity contribution is -0.148. The topological polar surface area (TPSA) is 164 Å². The molecule has 4 N–H and O–H groups in total. The van der Waals surface area contributed by atoms with Gasteiger partial charge in [-0.2, -0.15) is 0 Å². The fourth-order valence-electron chi connectivity index (χ4n) is 4.84. The number of benzene rings is 2. The number of aromatic nitrogens is 3. The van der Waals surface area contributed by atoms with Gasteiger partial charge in [0.05, 0.1) is 19.8 Å². The zero-order valence-corrected chi connectivity index (χ0v) is 29.2. The Morgan fingerprint density at radius 1 is 0.917 bits per heavy atom. The summed E-state index contributed by atoms with van der Waals surface area (Å²) in [7, 11) is -2.06. The molecule has 0 spiro atoms. The molecule has 0 aliphatic rings. The van der Waals surface area contributed by atoms with Crippen LogP contribution in [0.5, 0.6) is 5.75 Å². The molecule has 13 heteroatoms. The van der Waals surface area contributed by atoms with Crippen molar-refractivity contribution >= 4 is 24.6 Å². The van der Waals surface area contributed by atoms with Crippen LogP contribution < -0.4 is 31.1 Å². The summed E-state index contributed by atoms with van der Waals surface area (Å²) >= 11 is 0. The summed E-state index contributed by atoms with van der Waals surface area (Å²) in [5, 5.41) is 9.71. The molecule has 2 aromatic heterocycles. The van der Waals surface area contributed by atoms with Crippen molar-refractivity contribution in [2.75, 3.05) is 13.7 Å². The first-order chi connectivity index (χ1) is 22.7. The van der Waals surface area contributed by atoms with Crippen LogP contribution in [0.15, 0.2) is 83.9 Å². The number of pyridine rings is 1. The van der Waals surface area contributed by atoms with Crippen LogP contribution in [0.4, 0.5) is 0 Å². The molecule has 12 nitrogen and oxygen atoms in total. The Bertz CT molecular complexity index is 1830. The molecule has 2 aromatic carbocycles. The molecule has 254 valence electrons. The van der Waals surface area contributed by atoms with E-state index in [0.717, 1.165) is 0 Å². The van der Waals surface area contributed by atoms with Crippen molar-refractivity contribution in [2.45, 2.75) is 65.1 Å². The Balaban J connectivity index is 1.71. The number of esters is 1. The molecule has 0 saturated carbocycles. The molecule has 4 rings (SSSR count). The van der Waals surface area contributed by atoms with E-state index in [9.17, 15) is 18.9 Å². The highest BCUT2D eigenvalue weighted by molar-refractivity contribution is 7.67. The molecule has 0 aliphatic carbocycles. The predicted octanol–water partition coefficient (Wildman–Crippen LogP) is 4.89. The van der Waals surface area contributed by atoms with E-state index in [2.05, 4.69) is 30.4 Å². The average Bonchev–Trinajstić information content (AvgIpc) is 3.07. The van der Waals surface area contributed by atoms with E-state index < -0.39 is 42.0 Å². The van der Waals surface area contributed by atoms with Gasteiger partial charge in [-0.1, -0.05) is 37.3 Å². The van der Waals surface area contributed by atoms with E-state index in [-0.39, 0.29) is 18.0 Å². The molecule has 0 fully saturated rings. The maximum atomic E-state index is 14.7. The normalized spacial score (nSPS) is 13.6. The van der Waals surface area contributed by atoms with E-state index in [1.54, 1.807) is 88.7 Å². The van der Waals surface area contributed by atoms with Gasteiger partial charge >= 0.3 is 5.97 Å². The Hall–Kier alpha value is -4.64. The SMILES string of the molecule is CCOC(=O)C(C)(C)NP(=O)(NC(C)(C)CC)c1ccc(C(NC(=O)c2cnc(-c3ccccn3)[nH]c2=O)c2ccc(OC)cc2)cc1. The number of hydrogen-bond donors (Lipinski definition) is 4. The molecular weight excluding hydrogens is 631 g/mol. The average molecular weight is 675 g/mol. The van der Waals surface area contributed by atoms with Gasteiger partial charge in [0.25, 0.3) is 11.5 Å². The van der Waals surface area contributed by atoms with Crippen molar-refractivity contribution in [3.8, 4) is 17.3 Å². The summed E-state index contributed by atoms with van der Waals surface area (Å²) in [6, 6.07) is 18.6. The van der Waals surface area contributed by atoms with Gasteiger partial charge in [-0.25, -0.2) is 15.2 Å². The molecule has 2 atom stereocenters. The van der Waals surface area contributed by atoms with Crippen LogP contribution in [-0.4, -0.2) is 51.6 Å². The largest absolute Gasteiger partial charge is 0.497 e. The number of methoxy groups -OCH3 is 1. The number of carbonyl (C=O) groups excluding carboxylic acids is 2. The summed E-state index contributed by atoms with van der Waals surface area (Å²) in [4.78, 5) is 50.4. The molecule has 0 bridgehead atoms. The van der Waals surface area contributed by atoms with Gasteiger partial charge in [0.2, 0.25) is 7.44 Å². The van der Waals surface area contributed by atoms with Gasteiger partial charge in [0.15, 0.2) is 5.82 Å². The minimum Gasteiger partial charge on any atom is -0.497 e. The third kappa shape index (κ3) is 8.63. The minimum atomic E-state index is -3.62. The van der Waals surface area contributed by atoms with Crippen molar-refractivity contribution in [1.82, 2.24) is 30.4 Å². The summed E-state index contributed by atoms with van der Waals surface area (Å²) < 4.78 is 25.3. The van der Waals surface area contributed by atoms with Crippen molar-refractivity contribution in [3.63, 3.8) is 0 Å². The van der Waals surface area contributed by atoms with Gasteiger partial charge in [-0.05, 0) is 88.6 Å². The molecule has 48 heavy (non-hydrogen) atoms. The van der Waals surface area contributed by atoms with Crippen LogP contribution in [0.1, 0.15) is 75.5 Å². The second-order valence-corrected chi connectivity index (χ2v) is 14.6. The molecular formula is C35H43N6O6P. The van der Waals surface area contributed by atoms with E-state index in [0.29, 0.717) is 34.3 Å². The standard InChI is InChI=1S/C35H43N6O6P/c1-8-34(3,4)40-48(45,41-35(5,6)33(44)47-9-2)26-19-15-24(16-20-26)29(23-13-17-25(46-7)18-14-23)38-31(42)27-22-37-30(39-32(27)43)28-12-10-11-21-36-28/h10-22,29H,8-9H2,1-7H3,(H,38,42)(H,37,39,43)(H2,40,41,45). The highest BCUT2D eigenvalue weighted by atomic mass is 31.2. The van der Waals surface area contributed by atoms with Crippen molar-refractivity contribution in [1.29, 1.82) is 0 Å². The zero-order chi connectivity index (χ0) is 35.1. The lowest BCUT2D eigenvalue weighted by Crippen LogP contribution is -2.52. The molecule has 2 heterocycles. The first-order valence-electron chi connectivity index (χ1n) is 15.6. The van der Waals surface area contributed by atoms with Crippen molar-refractivity contribution in [2.24, 2.45) is 0 Å². The fourth-order valence-corrected chi connectivity index (χ4v) is 7.62. The van der Waals surface area contributed by atoms with Gasteiger partial charge in [0.1, 0.15) is 22.5 Å². The minimum absolute atomic E-state index is 0.175. The fraction of sp³-hybridized carbons (Fsp3) is 0.343. The number of rotatable bonds is 14. The third-order valence-electron chi connectivity index (χ3n) is 7.83. The van der Waals surface area contributed by atoms with Crippen LogP contribution >= 0.6 is 7.44 Å². The zero-order valence-electron chi connectivity index (χ0n) is 28.3. The second-order valence-electron chi connectivity index (χ2n) is 12.4. The Kier molecular flexibility index (Phi) is 11.4. The number of H-pyrrole nitrogens is 1. The highest BCUT2D eigenvalue weighted by Crippen LogP contribution is 2.41. The lowest BCUT2D eigenvalue weighted by atomic mass is 9.98. The van der Waals surface area contributed by atoms with E-state index >= 15 is 0 Å². The summed E-state index contributed by atoms with van der Waals surface area (Å²) in [5.74, 6) is -0.303. The quantitative estimate of drug-likeness (QED) is 0.107. The number of aromatic amines is 1. The number of hydrogen-bond acceptors (Lipinski definition) is 8. The molecule has 4 aromatic rings. The number of carbonyl (C=O) groups is 2. The van der Waals surface area contributed by atoms with Crippen LogP contribution in [0, 0.1) is 0 Å². The molecule has 0 radical (unpaired) electrons. The number of nitrogens with one attached hydrogen (secondary N) is 4. The Morgan fingerprint density at radius 3 is 2.10 bits per heavy atom. The van der Waals surface area contributed by atoms with Crippen molar-refractivity contribution < 1.29 is 23.6 Å². The Labute approximate surface area is 280 Å². The number of ether oxygens (including phenoxy) is 2. The molecule has 0 aliphatic heterocycles. The highest BCUT2D eigenvalue weighted by Gasteiger charge is 2.40. The smallest absolute Gasteiger partial charge is 0.326 e. The summed E-state index contributed by atoms with van der Waals surface area (Å²) in [5.41, 5.74) is -0.781. The lowest BCUT2D eigenvalue weighted by Gasteiger charge is -2.36. The molecule has 2 unspecified atom stereocenters.